The summed E-state index contributed by atoms with van der Waals surface area (Å²) in [6, 6.07) is 12.5. The Balaban J connectivity index is 1.46. The second-order valence-corrected chi connectivity index (χ2v) is 4.80. The highest BCUT2D eigenvalue weighted by atomic mass is 16.5. The lowest BCUT2D eigenvalue weighted by Gasteiger charge is -2.03. The third-order valence-electron chi connectivity index (χ3n) is 3.11. The molecule has 2 heterocycles. The molecule has 0 radical (unpaired) electrons. The molecule has 0 saturated heterocycles. The second-order valence-electron chi connectivity index (χ2n) is 4.80. The fraction of sp³-hybridized carbons (Fsp3) is 0.118. The van der Waals surface area contributed by atoms with Gasteiger partial charge < -0.3 is 18.9 Å². The molecule has 122 valence electrons. The van der Waals surface area contributed by atoms with Crippen molar-refractivity contribution < 1.29 is 23.2 Å². The average molecular weight is 326 g/mol. The first-order valence-corrected chi connectivity index (χ1v) is 7.20. The molecule has 0 spiro atoms. The van der Waals surface area contributed by atoms with E-state index in [-0.39, 0.29) is 24.8 Å². The Morgan fingerprint density at radius 2 is 1.96 bits per heavy atom. The number of amides is 1. The van der Waals surface area contributed by atoms with Crippen LogP contribution in [0.4, 0.5) is 0 Å². The fourth-order valence-corrected chi connectivity index (χ4v) is 1.95. The van der Waals surface area contributed by atoms with Crippen molar-refractivity contribution in [3.63, 3.8) is 0 Å². The molecular formula is C17H14N2O5. The van der Waals surface area contributed by atoms with Gasteiger partial charge in [0.15, 0.2) is 18.1 Å². The first-order chi connectivity index (χ1) is 11.7. The molecule has 0 atom stereocenters. The standard InChI is InChI=1S/C17H14N2O5/c20-16(10-19-17(21)13-7-4-8-22-13)23-11-15-18-9-14(24-15)12-5-2-1-3-6-12/h1-9H,10-11H2,(H,19,21). The van der Waals surface area contributed by atoms with Crippen molar-refractivity contribution in [2.24, 2.45) is 0 Å². The van der Waals surface area contributed by atoms with Gasteiger partial charge in [-0.05, 0) is 12.1 Å². The molecule has 0 unspecified atom stereocenters. The number of carbonyl (C=O) groups excluding carboxylic acids is 2. The van der Waals surface area contributed by atoms with E-state index in [1.54, 1.807) is 12.3 Å². The molecule has 7 heteroatoms. The Morgan fingerprint density at radius 1 is 1.12 bits per heavy atom. The minimum Gasteiger partial charge on any atom is -0.459 e. The average Bonchev–Trinajstić information content (AvgIpc) is 3.30. The van der Waals surface area contributed by atoms with Crippen LogP contribution in [0.2, 0.25) is 0 Å². The monoisotopic (exact) mass is 326 g/mol. The molecule has 0 saturated carbocycles. The van der Waals surface area contributed by atoms with Gasteiger partial charge in [-0.15, -0.1) is 0 Å². The molecule has 0 aliphatic heterocycles. The SMILES string of the molecule is O=C(CNC(=O)c1ccco1)OCc1ncc(-c2ccccc2)o1. The maximum absolute atomic E-state index is 11.6. The number of nitrogens with one attached hydrogen (secondary N) is 1. The molecular weight excluding hydrogens is 312 g/mol. The third kappa shape index (κ3) is 3.89. The molecule has 1 N–H and O–H groups in total. The normalized spacial score (nSPS) is 10.3. The zero-order valence-electron chi connectivity index (χ0n) is 12.6. The van der Waals surface area contributed by atoms with Gasteiger partial charge >= 0.3 is 5.97 Å². The van der Waals surface area contributed by atoms with E-state index in [4.69, 9.17) is 13.6 Å². The largest absolute Gasteiger partial charge is 0.459 e. The van der Waals surface area contributed by atoms with Crippen molar-refractivity contribution in [3.8, 4) is 11.3 Å². The molecule has 2 aromatic heterocycles. The smallest absolute Gasteiger partial charge is 0.325 e. The van der Waals surface area contributed by atoms with Gasteiger partial charge in [0.25, 0.3) is 5.91 Å². The van der Waals surface area contributed by atoms with Crippen LogP contribution in [0.3, 0.4) is 0 Å². The summed E-state index contributed by atoms with van der Waals surface area (Å²) in [7, 11) is 0. The van der Waals surface area contributed by atoms with Gasteiger partial charge in [-0.2, -0.15) is 0 Å². The van der Waals surface area contributed by atoms with E-state index in [0.717, 1.165) is 5.56 Å². The van der Waals surface area contributed by atoms with Crippen LogP contribution in [0.1, 0.15) is 16.4 Å². The van der Waals surface area contributed by atoms with E-state index in [2.05, 4.69) is 10.3 Å². The van der Waals surface area contributed by atoms with E-state index >= 15 is 0 Å². The van der Waals surface area contributed by atoms with Crippen LogP contribution in [-0.2, 0) is 16.1 Å². The summed E-state index contributed by atoms with van der Waals surface area (Å²) in [4.78, 5) is 27.3. The lowest BCUT2D eigenvalue weighted by molar-refractivity contribution is -0.144. The van der Waals surface area contributed by atoms with Gasteiger partial charge in [0, 0.05) is 5.56 Å². The number of benzene rings is 1. The number of aromatic nitrogens is 1. The maximum Gasteiger partial charge on any atom is 0.325 e. The van der Waals surface area contributed by atoms with Crippen molar-refractivity contribution in [1.82, 2.24) is 10.3 Å². The zero-order chi connectivity index (χ0) is 16.8. The summed E-state index contributed by atoms with van der Waals surface area (Å²) in [5, 5.41) is 2.39. The maximum atomic E-state index is 11.6. The van der Waals surface area contributed by atoms with E-state index in [9.17, 15) is 9.59 Å². The summed E-state index contributed by atoms with van der Waals surface area (Å²) in [5.74, 6) is -0.0934. The molecule has 0 aliphatic carbocycles. The number of carbonyl (C=O) groups is 2. The summed E-state index contributed by atoms with van der Waals surface area (Å²) >= 11 is 0. The summed E-state index contributed by atoms with van der Waals surface area (Å²) in [5.41, 5.74) is 0.883. The second kappa shape index (κ2) is 7.28. The Morgan fingerprint density at radius 3 is 2.71 bits per heavy atom. The summed E-state index contributed by atoms with van der Waals surface area (Å²) in [6.45, 7) is -0.381. The molecule has 3 aromatic rings. The first-order valence-electron chi connectivity index (χ1n) is 7.20. The highest BCUT2D eigenvalue weighted by Crippen LogP contribution is 2.19. The molecule has 24 heavy (non-hydrogen) atoms. The molecule has 0 fully saturated rings. The number of hydrogen-bond acceptors (Lipinski definition) is 6. The van der Waals surface area contributed by atoms with Crippen LogP contribution >= 0.6 is 0 Å². The third-order valence-corrected chi connectivity index (χ3v) is 3.11. The van der Waals surface area contributed by atoms with Gasteiger partial charge in [-0.25, -0.2) is 4.98 Å². The van der Waals surface area contributed by atoms with Crippen LogP contribution in [0.15, 0.2) is 63.8 Å². The van der Waals surface area contributed by atoms with Crippen LogP contribution < -0.4 is 5.32 Å². The number of hydrogen-bond donors (Lipinski definition) is 1. The highest BCUT2D eigenvalue weighted by molar-refractivity contribution is 5.93. The molecule has 1 amide bonds. The zero-order valence-corrected chi connectivity index (χ0v) is 12.6. The summed E-state index contributed by atoms with van der Waals surface area (Å²) < 4.78 is 15.4. The minimum absolute atomic E-state index is 0.109. The lowest BCUT2D eigenvalue weighted by Crippen LogP contribution is -2.30. The number of furan rings is 1. The van der Waals surface area contributed by atoms with Crippen molar-refractivity contribution in [3.05, 3.63) is 66.6 Å². The topological polar surface area (TPSA) is 94.6 Å². The molecule has 0 bridgehead atoms. The van der Waals surface area contributed by atoms with Crippen LogP contribution in [0.5, 0.6) is 0 Å². The Hall–Kier alpha value is -3.35. The predicted molar refractivity (Wildman–Crippen MR) is 82.8 cm³/mol. The van der Waals surface area contributed by atoms with Crippen LogP contribution in [0.25, 0.3) is 11.3 Å². The number of oxazole rings is 1. The predicted octanol–water partition coefficient (Wildman–Crippen LogP) is 2.41. The highest BCUT2D eigenvalue weighted by Gasteiger charge is 2.12. The quantitative estimate of drug-likeness (QED) is 0.699. The van der Waals surface area contributed by atoms with Gasteiger partial charge in [0.1, 0.15) is 6.54 Å². The first kappa shape index (κ1) is 15.5. The van der Waals surface area contributed by atoms with Crippen molar-refractivity contribution in [2.75, 3.05) is 6.54 Å². The van der Waals surface area contributed by atoms with Crippen LogP contribution in [-0.4, -0.2) is 23.4 Å². The Kier molecular flexibility index (Phi) is 4.71. The number of esters is 1. The minimum atomic E-state index is -0.602. The van der Waals surface area contributed by atoms with E-state index in [1.165, 1.54) is 12.3 Å². The Labute approximate surface area is 137 Å². The van der Waals surface area contributed by atoms with E-state index in [0.29, 0.717) is 5.76 Å². The fourth-order valence-electron chi connectivity index (χ4n) is 1.95. The lowest BCUT2D eigenvalue weighted by atomic mass is 10.2. The van der Waals surface area contributed by atoms with Gasteiger partial charge in [0.2, 0.25) is 5.89 Å². The number of ether oxygens (including phenoxy) is 1. The van der Waals surface area contributed by atoms with Crippen LogP contribution in [0, 0.1) is 0 Å². The number of rotatable bonds is 6. The summed E-state index contributed by atoms with van der Waals surface area (Å²) in [6.07, 6.45) is 2.94. The molecule has 1 aromatic carbocycles. The van der Waals surface area contributed by atoms with Gasteiger partial charge in [0.05, 0.1) is 12.5 Å². The molecule has 3 rings (SSSR count). The number of nitrogens with zero attached hydrogens (tertiary/aromatic N) is 1. The van der Waals surface area contributed by atoms with Crippen molar-refractivity contribution in [1.29, 1.82) is 0 Å². The van der Waals surface area contributed by atoms with E-state index < -0.39 is 11.9 Å². The van der Waals surface area contributed by atoms with E-state index in [1.807, 2.05) is 30.3 Å². The molecule has 7 nitrogen and oxygen atoms in total. The molecule has 0 aliphatic rings. The van der Waals surface area contributed by atoms with Crippen molar-refractivity contribution >= 4 is 11.9 Å². The Bertz CT molecular complexity index is 809. The van der Waals surface area contributed by atoms with Crippen molar-refractivity contribution in [2.45, 2.75) is 6.61 Å². The van der Waals surface area contributed by atoms with Gasteiger partial charge in [-0.1, -0.05) is 30.3 Å². The van der Waals surface area contributed by atoms with Gasteiger partial charge in [-0.3, -0.25) is 9.59 Å².